The molecule has 352 valence electrons. The zero-order valence-electron chi connectivity index (χ0n) is 38.6. The number of nitrogens with two attached hydrogens (primary N) is 1. The number of amides is 3. The fourth-order valence-electron chi connectivity index (χ4n) is 8.13. The third-order valence-corrected chi connectivity index (χ3v) is 12.1. The zero-order chi connectivity index (χ0) is 49.7. The number of carbonyl (C=O) groups excluding carboxylic acids is 4. The van der Waals surface area contributed by atoms with Gasteiger partial charge in [-0.3, -0.25) is 38.8 Å². The molecule has 13 nitrogen and oxygen atoms in total. The van der Waals surface area contributed by atoms with Crippen LogP contribution in [0.5, 0.6) is 0 Å². The molecule has 1 aliphatic heterocycles. The molecular formula is C57H51N5O8. The van der Waals surface area contributed by atoms with E-state index in [4.69, 9.17) is 10.8 Å². The number of Topliss-reactive ketones (excluding diaryl/α,β-unsaturated/α-hetero) is 1. The predicted octanol–water partition coefficient (Wildman–Crippen LogP) is 9.35. The Morgan fingerprint density at radius 1 is 0.586 bits per heavy atom. The van der Waals surface area contributed by atoms with Gasteiger partial charge in [-0.05, 0) is 100.0 Å². The van der Waals surface area contributed by atoms with Gasteiger partial charge < -0.3 is 21.3 Å². The highest BCUT2D eigenvalue weighted by Gasteiger charge is 2.38. The third-order valence-electron chi connectivity index (χ3n) is 12.1. The topological polar surface area (TPSA) is 210 Å². The zero-order valence-corrected chi connectivity index (χ0v) is 38.6. The fraction of sp³-hybridized carbons (Fsp3) is 0.158. The number of aryl methyl sites for hydroxylation is 2. The van der Waals surface area contributed by atoms with Crippen molar-refractivity contribution >= 4 is 62.7 Å². The highest BCUT2D eigenvalue weighted by Crippen LogP contribution is 2.29. The van der Waals surface area contributed by atoms with E-state index in [2.05, 4.69) is 22.2 Å². The first-order valence-corrected chi connectivity index (χ1v) is 22.8. The summed E-state index contributed by atoms with van der Waals surface area (Å²) < 4.78 is 0. The molecule has 0 aliphatic carbocycles. The third kappa shape index (κ3) is 11.8. The number of carboxylic acid groups (broad SMARTS) is 2. The number of benzene rings is 6. The van der Waals surface area contributed by atoms with Gasteiger partial charge in [-0.1, -0.05) is 111 Å². The lowest BCUT2D eigenvalue weighted by Gasteiger charge is -2.22. The lowest BCUT2D eigenvalue weighted by atomic mass is 9.89. The van der Waals surface area contributed by atoms with Gasteiger partial charge in [0.15, 0.2) is 0 Å². The number of aliphatic carboxylic acids is 1. The van der Waals surface area contributed by atoms with E-state index in [0.717, 1.165) is 56.8 Å². The normalized spacial score (nSPS) is 12.5. The molecule has 0 spiro atoms. The van der Waals surface area contributed by atoms with Crippen LogP contribution in [0.4, 0.5) is 5.69 Å². The van der Waals surface area contributed by atoms with E-state index < -0.39 is 29.7 Å². The number of ketones is 1. The molecule has 2 unspecified atom stereocenters. The van der Waals surface area contributed by atoms with Crippen LogP contribution in [-0.4, -0.2) is 73.6 Å². The van der Waals surface area contributed by atoms with Crippen molar-refractivity contribution in [3.05, 3.63) is 220 Å². The molecule has 3 heterocycles. The Balaban J connectivity index is 0.000000174. The van der Waals surface area contributed by atoms with Crippen molar-refractivity contribution in [2.75, 3.05) is 18.8 Å². The summed E-state index contributed by atoms with van der Waals surface area (Å²) in [6, 6.07) is 43.2. The van der Waals surface area contributed by atoms with Crippen LogP contribution >= 0.6 is 0 Å². The molecular weight excluding hydrogens is 883 g/mol. The smallest absolute Gasteiger partial charge is 0.336 e. The van der Waals surface area contributed by atoms with E-state index in [1.54, 1.807) is 61.1 Å². The van der Waals surface area contributed by atoms with Crippen LogP contribution in [0.3, 0.4) is 0 Å². The average Bonchev–Trinajstić information content (AvgIpc) is 3.62. The maximum absolute atomic E-state index is 13.6. The monoisotopic (exact) mass is 933 g/mol. The van der Waals surface area contributed by atoms with Crippen molar-refractivity contribution < 1.29 is 39.0 Å². The summed E-state index contributed by atoms with van der Waals surface area (Å²) in [5.74, 6) is -5.13. The second-order valence-corrected chi connectivity index (χ2v) is 16.6. The number of carbonyl (C=O) groups is 6. The Labute approximate surface area is 404 Å². The Hall–Kier alpha value is -8.84. The number of rotatable bonds is 14. The second kappa shape index (κ2) is 22.8. The number of aromatic carboxylic acids is 1. The minimum Gasteiger partial charge on any atom is -0.481 e. The first-order chi connectivity index (χ1) is 33.8. The van der Waals surface area contributed by atoms with Crippen LogP contribution in [0.15, 0.2) is 170 Å². The number of nitrogens with zero attached hydrogens (tertiary/aromatic N) is 3. The molecule has 0 bridgehead atoms. The number of nitrogens with one attached hydrogen (secondary N) is 1. The lowest BCUT2D eigenvalue weighted by molar-refractivity contribution is -0.138. The summed E-state index contributed by atoms with van der Waals surface area (Å²) in [6.45, 7) is 3.97. The highest BCUT2D eigenvalue weighted by molar-refractivity contribution is 6.21. The number of pyridine rings is 2. The minimum absolute atomic E-state index is 0.000435. The predicted molar refractivity (Wildman–Crippen MR) is 269 cm³/mol. The molecule has 8 aromatic rings. The van der Waals surface area contributed by atoms with Gasteiger partial charge in [0.25, 0.3) is 17.7 Å². The van der Waals surface area contributed by atoms with Crippen LogP contribution < -0.4 is 11.1 Å². The maximum atomic E-state index is 13.6. The molecule has 9 rings (SSSR count). The molecule has 5 N–H and O–H groups in total. The van der Waals surface area contributed by atoms with Gasteiger partial charge in [-0.15, -0.1) is 0 Å². The standard InChI is InChI=1S/C29H24N2O3.C19H19NO5.C9H8N2/c1-2-19-7-10-21(11-8-19)26(18-31-28(33)24-5-3-4-6-25(24)29(31)34)27(32)16-20-9-12-23-17-30-14-13-22(23)15-20;1-2-12-7-9-13(10-8-12)16(19(24)25)11-20-17(21)14-5-3-4-6-15(14)18(22)23;10-9-2-1-8-6-11-4-3-7(8)5-9/h3-15,17,26H,2,16,18H2,1H3;3-10,16H,2,11H2,1H3,(H,20,21)(H,22,23)(H,24,25);1-6H,10H2. The number of carboxylic acids is 2. The van der Waals surface area contributed by atoms with E-state index in [9.17, 15) is 33.9 Å². The van der Waals surface area contributed by atoms with E-state index >= 15 is 0 Å². The number of imide groups is 1. The molecule has 1 aliphatic rings. The van der Waals surface area contributed by atoms with E-state index in [1.807, 2.05) is 98.0 Å². The van der Waals surface area contributed by atoms with Gasteiger partial charge in [-0.25, -0.2) is 4.79 Å². The fourth-order valence-corrected chi connectivity index (χ4v) is 8.13. The highest BCUT2D eigenvalue weighted by atomic mass is 16.4. The number of fused-ring (bicyclic) bond motifs is 3. The van der Waals surface area contributed by atoms with Crippen molar-refractivity contribution in [2.24, 2.45) is 0 Å². The summed E-state index contributed by atoms with van der Waals surface area (Å²) in [7, 11) is 0. The summed E-state index contributed by atoms with van der Waals surface area (Å²) in [5, 5.41) is 25.4. The molecule has 0 saturated carbocycles. The summed E-state index contributed by atoms with van der Waals surface area (Å²) >= 11 is 0. The van der Waals surface area contributed by atoms with Gasteiger partial charge in [0.2, 0.25) is 0 Å². The van der Waals surface area contributed by atoms with Crippen LogP contribution in [0.25, 0.3) is 21.5 Å². The largest absolute Gasteiger partial charge is 0.481 e. The first kappa shape index (κ1) is 49.1. The summed E-state index contributed by atoms with van der Waals surface area (Å²) in [4.78, 5) is 83.9. The molecule has 2 atom stereocenters. The number of nitrogen functional groups attached to an aromatic ring is 1. The summed E-state index contributed by atoms with van der Waals surface area (Å²) in [5.41, 5.74) is 11.6. The van der Waals surface area contributed by atoms with Crippen molar-refractivity contribution in [1.29, 1.82) is 0 Å². The van der Waals surface area contributed by atoms with Crippen molar-refractivity contribution in [1.82, 2.24) is 20.2 Å². The number of hydrogen-bond acceptors (Lipinski definition) is 9. The Bertz CT molecular complexity index is 3170. The molecule has 13 heteroatoms. The Morgan fingerprint density at radius 2 is 1.09 bits per heavy atom. The number of aromatic nitrogens is 2. The van der Waals surface area contributed by atoms with Gasteiger partial charge in [0, 0.05) is 60.8 Å². The Kier molecular flexibility index (Phi) is 16.0. The molecule has 70 heavy (non-hydrogen) atoms. The van der Waals surface area contributed by atoms with Crippen LogP contribution in [0.2, 0.25) is 0 Å². The molecule has 2 aromatic heterocycles. The molecule has 0 fully saturated rings. The van der Waals surface area contributed by atoms with Crippen LogP contribution in [-0.2, 0) is 28.9 Å². The minimum atomic E-state index is -1.21. The number of anilines is 1. The molecule has 3 amide bonds. The van der Waals surface area contributed by atoms with Gasteiger partial charge in [-0.2, -0.15) is 0 Å². The van der Waals surface area contributed by atoms with Crippen molar-refractivity contribution in [3.8, 4) is 0 Å². The average molecular weight is 934 g/mol. The van der Waals surface area contributed by atoms with E-state index in [0.29, 0.717) is 16.7 Å². The van der Waals surface area contributed by atoms with Gasteiger partial charge in [0.1, 0.15) is 5.78 Å². The van der Waals surface area contributed by atoms with Crippen LogP contribution in [0, 0.1) is 0 Å². The van der Waals surface area contributed by atoms with E-state index in [-0.39, 0.29) is 48.2 Å². The molecule has 6 aromatic carbocycles. The van der Waals surface area contributed by atoms with Gasteiger partial charge >= 0.3 is 11.9 Å². The quantitative estimate of drug-likeness (QED) is 0.0596. The maximum Gasteiger partial charge on any atom is 0.336 e. The van der Waals surface area contributed by atoms with Crippen molar-refractivity contribution in [3.63, 3.8) is 0 Å². The summed E-state index contributed by atoms with van der Waals surface area (Å²) in [6.07, 6.45) is 9.07. The second-order valence-electron chi connectivity index (χ2n) is 16.6. The SMILES string of the molecule is CCc1ccc(C(CN2C(=O)c3ccccc3C2=O)C(=O)Cc2ccc3cnccc3c2)cc1.CCc1ccc(C(CNC(=O)c2ccccc2C(=O)O)C(=O)O)cc1.Nc1ccc2cnccc2c1. The lowest BCUT2D eigenvalue weighted by Crippen LogP contribution is -2.36. The molecule has 0 saturated heterocycles. The van der Waals surface area contributed by atoms with Crippen molar-refractivity contribution in [2.45, 2.75) is 44.9 Å². The first-order valence-electron chi connectivity index (χ1n) is 22.8. The van der Waals surface area contributed by atoms with E-state index in [1.165, 1.54) is 28.7 Å². The van der Waals surface area contributed by atoms with Gasteiger partial charge in [0.05, 0.1) is 34.1 Å². The van der Waals surface area contributed by atoms with Crippen LogP contribution in [0.1, 0.15) is 94.9 Å². The molecule has 0 radical (unpaired) electrons. The Morgan fingerprint density at radius 3 is 1.63 bits per heavy atom. The number of hydrogen-bond donors (Lipinski definition) is 4.